The second-order valence-electron chi connectivity index (χ2n) is 4.31. The molecule has 0 aliphatic heterocycles. The summed E-state index contributed by atoms with van der Waals surface area (Å²) in [6.45, 7) is 1.74. The predicted octanol–water partition coefficient (Wildman–Crippen LogP) is 2.08. The summed E-state index contributed by atoms with van der Waals surface area (Å²) in [6, 6.07) is 4.94. The van der Waals surface area contributed by atoms with Gasteiger partial charge >= 0.3 is 0 Å². The summed E-state index contributed by atoms with van der Waals surface area (Å²) < 4.78 is 0.457. The van der Waals surface area contributed by atoms with E-state index in [-0.39, 0.29) is 11.5 Å². The Morgan fingerprint density at radius 1 is 1.31 bits per heavy atom. The molecular weight excluding hydrogens is 222 g/mol. The van der Waals surface area contributed by atoms with Crippen molar-refractivity contribution in [2.75, 3.05) is 12.8 Å². The van der Waals surface area contributed by atoms with Crippen LogP contribution in [0.1, 0.15) is 18.4 Å². The van der Waals surface area contributed by atoms with Crippen LogP contribution in [0, 0.1) is 0 Å². The molecule has 0 heterocycles. The highest BCUT2D eigenvalue weighted by Crippen LogP contribution is 2.46. The molecule has 1 fully saturated rings. The molecule has 88 valence electrons. The maximum absolute atomic E-state index is 9.34. The Labute approximate surface area is 99.9 Å². The van der Waals surface area contributed by atoms with Gasteiger partial charge in [-0.15, -0.1) is 0 Å². The Morgan fingerprint density at radius 3 is 2.62 bits per heavy atom. The van der Waals surface area contributed by atoms with Gasteiger partial charge in [0.2, 0.25) is 0 Å². The lowest BCUT2D eigenvalue weighted by molar-refractivity contribution is 0.403. The van der Waals surface area contributed by atoms with Crippen molar-refractivity contribution in [3.8, 4) is 11.5 Å². The van der Waals surface area contributed by atoms with Crippen molar-refractivity contribution in [2.45, 2.75) is 24.1 Å². The third-order valence-electron chi connectivity index (χ3n) is 3.06. The van der Waals surface area contributed by atoms with Gasteiger partial charge in [-0.05, 0) is 36.8 Å². The van der Waals surface area contributed by atoms with E-state index in [9.17, 15) is 10.2 Å². The van der Waals surface area contributed by atoms with Gasteiger partial charge in [-0.2, -0.15) is 11.8 Å². The van der Waals surface area contributed by atoms with Gasteiger partial charge in [0.15, 0.2) is 11.5 Å². The first-order valence-electron chi connectivity index (χ1n) is 5.42. The molecule has 1 aliphatic carbocycles. The summed E-state index contributed by atoms with van der Waals surface area (Å²) in [4.78, 5) is 0. The standard InChI is InChI=1S/C12H17NO2S/c1-16-12(4-5-12)8-13-7-9-2-3-10(14)11(15)6-9/h2-3,6,13-15H,4-5,7-8H2,1H3. The van der Waals surface area contributed by atoms with Crippen LogP contribution < -0.4 is 5.32 Å². The summed E-state index contributed by atoms with van der Waals surface area (Å²) >= 11 is 1.93. The minimum atomic E-state index is -0.0634. The van der Waals surface area contributed by atoms with Gasteiger partial charge in [0.25, 0.3) is 0 Å². The number of hydrogen-bond acceptors (Lipinski definition) is 4. The molecule has 3 N–H and O–H groups in total. The molecule has 0 bridgehead atoms. The fourth-order valence-corrected chi connectivity index (χ4v) is 2.46. The van der Waals surface area contributed by atoms with Gasteiger partial charge in [0.05, 0.1) is 0 Å². The highest BCUT2D eigenvalue weighted by atomic mass is 32.2. The van der Waals surface area contributed by atoms with Gasteiger partial charge < -0.3 is 15.5 Å². The lowest BCUT2D eigenvalue weighted by atomic mass is 10.2. The zero-order valence-electron chi connectivity index (χ0n) is 9.36. The van der Waals surface area contributed by atoms with Crippen LogP contribution in [0.15, 0.2) is 18.2 Å². The summed E-state index contributed by atoms with van der Waals surface area (Å²) in [6.07, 6.45) is 4.74. The summed E-state index contributed by atoms with van der Waals surface area (Å²) in [5.41, 5.74) is 0.993. The third-order valence-corrected chi connectivity index (χ3v) is 4.48. The fourth-order valence-electron chi connectivity index (χ4n) is 1.71. The number of hydrogen-bond donors (Lipinski definition) is 3. The molecule has 0 atom stereocenters. The zero-order valence-corrected chi connectivity index (χ0v) is 10.2. The number of aromatic hydroxyl groups is 2. The first kappa shape index (κ1) is 11.6. The van der Waals surface area contributed by atoms with Crippen molar-refractivity contribution in [2.24, 2.45) is 0 Å². The summed E-state index contributed by atoms with van der Waals surface area (Å²) in [5, 5.41) is 21.9. The molecule has 16 heavy (non-hydrogen) atoms. The molecule has 4 heteroatoms. The maximum Gasteiger partial charge on any atom is 0.157 e. The molecule has 2 rings (SSSR count). The van der Waals surface area contributed by atoms with Crippen LogP contribution in [0.25, 0.3) is 0 Å². The second-order valence-corrected chi connectivity index (χ2v) is 5.59. The Hall–Kier alpha value is -0.870. The summed E-state index contributed by atoms with van der Waals surface area (Å²) in [7, 11) is 0. The van der Waals surface area contributed by atoms with E-state index in [1.165, 1.54) is 18.9 Å². The van der Waals surface area contributed by atoms with E-state index in [1.807, 2.05) is 17.8 Å². The number of thioether (sulfide) groups is 1. The molecule has 1 aromatic rings. The van der Waals surface area contributed by atoms with Gasteiger partial charge in [-0.1, -0.05) is 6.07 Å². The molecular formula is C12H17NO2S. The second kappa shape index (κ2) is 4.55. The van der Waals surface area contributed by atoms with E-state index < -0.39 is 0 Å². The highest BCUT2D eigenvalue weighted by Gasteiger charge is 2.41. The quantitative estimate of drug-likeness (QED) is 0.689. The third kappa shape index (κ3) is 2.62. The van der Waals surface area contributed by atoms with E-state index >= 15 is 0 Å². The van der Waals surface area contributed by atoms with Gasteiger partial charge in [0.1, 0.15) is 0 Å². The van der Waals surface area contributed by atoms with Crippen LogP contribution in [0.3, 0.4) is 0 Å². The van der Waals surface area contributed by atoms with Gasteiger partial charge in [-0.3, -0.25) is 0 Å². The van der Waals surface area contributed by atoms with Crippen molar-refractivity contribution in [3.63, 3.8) is 0 Å². The molecule has 0 unspecified atom stereocenters. The number of nitrogens with one attached hydrogen (secondary N) is 1. The van der Waals surface area contributed by atoms with Crippen LogP contribution in [0.4, 0.5) is 0 Å². The van der Waals surface area contributed by atoms with Gasteiger partial charge in [-0.25, -0.2) is 0 Å². The highest BCUT2D eigenvalue weighted by molar-refractivity contribution is 8.00. The molecule has 1 aromatic carbocycles. The molecule has 1 aliphatic rings. The number of phenols is 2. The van der Waals surface area contributed by atoms with Crippen LogP contribution in [-0.4, -0.2) is 27.8 Å². The minimum absolute atomic E-state index is 0.0506. The molecule has 0 radical (unpaired) electrons. The van der Waals surface area contributed by atoms with E-state index in [4.69, 9.17) is 0 Å². The lowest BCUT2D eigenvalue weighted by Gasteiger charge is -2.13. The molecule has 0 saturated heterocycles. The first-order valence-corrected chi connectivity index (χ1v) is 6.64. The van der Waals surface area contributed by atoms with Crippen molar-refractivity contribution in [1.82, 2.24) is 5.32 Å². The Bertz CT molecular complexity index is 377. The SMILES string of the molecule is CSC1(CNCc2ccc(O)c(O)c2)CC1. The topological polar surface area (TPSA) is 52.5 Å². The number of phenolic OH excluding ortho intramolecular Hbond substituents is 2. The van der Waals surface area contributed by atoms with E-state index in [1.54, 1.807) is 6.07 Å². The summed E-state index contributed by atoms with van der Waals surface area (Å²) in [5.74, 6) is -0.114. The van der Waals surface area contributed by atoms with E-state index in [0.29, 0.717) is 4.75 Å². The Kier molecular flexibility index (Phi) is 3.30. The minimum Gasteiger partial charge on any atom is -0.504 e. The normalized spacial score (nSPS) is 17.3. The van der Waals surface area contributed by atoms with Crippen molar-refractivity contribution >= 4 is 11.8 Å². The van der Waals surface area contributed by atoms with Crippen LogP contribution >= 0.6 is 11.8 Å². The molecule has 0 amide bonds. The van der Waals surface area contributed by atoms with Crippen LogP contribution in [0.5, 0.6) is 11.5 Å². The van der Waals surface area contributed by atoms with Gasteiger partial charge in [0, 0.05) is 17.8 Å². The first-order chi connectivity index (χ1) is 7.65. The monoisotopic (exact) mass is 239 g/mol. The fraction of sp³-hybridized carbons (Fsp3) is 0.500. The van der Waals surface area contributed by atoms with Crippen molar-refractivity contribution in [3.05, 3.63) is 23.8 Å². The molecule has 0 aromatic heterocycles. The molecule has 1 saturated carbocycles. The van der Waals surface area contributed by atoms with Crippen molar-refractivity contribution < 1.29 is 10.2 Å². The lowest BCUT2D eigenvalue weighted by Crippen LogP contribution is -2.25. The van der Waals surface area contributed by atoms with E-state index in [0.717, 1.165) is 18.7 Å². The average Bonchev–Trinajstić information content (AvgIpc) is 3.04. The average molecular weight is 239 g/mol. The zero-order chi connectivity index (χ0) is 11.6. The molecule has 0 spiro atoms. The number of rotatable bonds is 5. The smallest absolute Gasteiger partial charge is 0.157 e. The van der Waals surface area contributed by atoms with Crippen LogP contribution in [-0.2, 0) is 6.54 Å². The Balaban J connectivity index is 1.83. The van der Waals surface area contributed by atoms with Crippen molar-refractivity contribution in [1.29, 1.82) is 0 Å². The Morgan fingerprint density at radius 2 is 2.06 bits per heavy atom. The molecule has 3 nitrogen and oxygen atoms in total. The van der Waals surface area contributed by atoms with E-state index in [2.05, 4.69) is 11.6 Å². The predicted molar refractivity (Wildman–Crippen MR) is 67.0 cm³/mol. The largest absolute Gasteiger partial charge is 0.504 e. The number of benzene rings is 1. The van der Waals surface area contributed by atoms with Crippen LogP contribution in [0.2, 0.25) is 0 Å². The maximum atomic E-state index is 9.34.